The van der Waals surface area contributed by atoms with E-state index in [2.05, 4.69) is 16.0 Å². The zero-order chi connectivity index (χ0) is 13.7. The van der Waals surface area contributed by atoms with Crippen molar-refractivity contribution in [2.24, 2.45) is 5.92 Å². The molecular weight excluding hydrogens is 246 g/mol. The van der Waals surface area contributed by atoms with Gasteiger partial charge in [0.2, 0.25) is 0 Å². The van der Waals surface area contributed by atoms with Gasteiger partial charge in [-0.1, -0.05) is 0 Å². The summed E-state index contributed by atoms with van der Waals surface area (Å²) in [4.78, 5) is 22.4. The van der Waals surface area contributed by atoms with E-state index in [0.717, 1.165) is 19.4 Å². The monoisotopic (exact) mass is 269 g/mol. The van der Waals surface area contributed by atoms with Crippen molar-refractivity contribution in [2.45, 2.75) is 50.6 Å². The van der Waals surface area contributed by atoms with E-state index in [1.54, 1.807) is 0 Å². The first kappa shape index (κ1) is 14.1. The van der Waals surface area contributed by atoms with Crippen LogP contribution in [0.4, 0.5) is 4.79 Å². The first-order chi connectivity index (χ1) is 9.15. The molecule has 0 saturated heterocycles. The van der Waals surface area contributed by atoms with Gasteiger partial charge in [-0.3, -0.25) is 4.79 Å². The number of nitrogens with one attached hydrogen (secondary N) is 3. The van der Waals surface area contributed by atoms with Crippen LogP contribution in [-0.4, -0.2) is 42.3 Å². The summed E-state index contributed by atoms with van der Waals surface area (Å²) >= 11 is 0. The maximum absolute atomic E-state index is 11.6. The lowest BCUT2D eigenvalue weighted by molar-refractivity contribution is -0.141. The van der Waals surface area contributed by atoms with Crippen LogP contribution in [0.25, 0.3) is 0 Å². The number of carbonyl (C=O) groups excluding carboxylic acids is 1. The van der Waals surface area contributed by atoms with Gasteiger partial charge in [0.15, 0.2) is 0 Å². The average molecular weight is 269 g/mol. The smallest absolute Gasteiger partial charge is 0.315 e. The molecule has 2 aliphatic carbocycles. The van der Waals surface area contributed by atoms with Gasteiger partial charge in [-0.25, -0.2) is 4.79 Å². The lowest BCUT2D eigenvalue weighted by atomic mass is 10.1. The Labute approximate surface area is 113 Å². The highest BCUT2D eigenvalue weighted by molar-refractivity contribution is 5.75. The molecule has 0 radical (unpaired) electrons. The summed E-state index contributed by atoms with van der Waals surface area (Å²) in [5.41, 5.74) is 0. The maximum atomic E-state index is 11.6. The molecule has 108 valence electrons. The van der Waals surface area contributed by atoms with Crippen molar-refractivity contribution >= 4 is 12.0 Å². The second-order valence-corrected chi connectivity index (χ2v) is 5.53. The first-order valence-corrected chi connectivity index (χ1v) is 7.15. The Hall–Kier alpha value is -1.30. The molecule has 0 aromatic heterocycles. The average Bonchev–Trinajstić information content (AvgIpc) is 3.06. The Balaban J connectivity index is 1.50. The fourth-order valence-corrected chi connectivity index (χ4v) is 2.46. The maximum Gasteiger partial charge on any atom is 0.315 e. The highest BCUT2D eigenvalue weighted by Crippen LogP contribution is 2.25. The van der Waals surface area contributed by atoms with E-state index in [1.807, 2.05) is 0 Å². The SMILES string of the molecule is O=C(NCCCNC1CC1)N[C@H]1CC[C@@H](C(=O)O)C1. The number of amides is 2. The number of hydrogen-bond acceptors (Lipinski definition) is 3. The second-order valence-electron chi connectivity index (χ2n) is 5.53. The number of aliphatic carboxylic acids is 1. The number of urea groups is 1. The third-order valence-corrected chi connectivity index (χ3v) is 3.77. The van der Waals surface area contributed by atoms with Crippen LogP contribution in [0.3, 0.4) is 0 Å². The van der Waals surface area contributed by atoms with Crippen LogP contribution in [0.2, 0.25) is 0 Å². The van der Waals surface area contributed by atoms with Gasteiger partial charge >= 0.3 is 12.0 Å². The van der Waals surface area contributed by atoms with Crippen LogP contribution in [0.1, 0.15) is 38.5 Å². The molecule has 0 heterocycles. The summed E-state index contributed by atoms with van der Waals surface area (Å²) in [7, 11) is 0. The van der Waals surface area contributed by atoms with Crippen LogP contribution in [0, 0.1) is 5.92 Å². The van der Waals surface area contributed by atoms with E-state index < -0.39 is 5.97 Å². The van der Waals surface area contributed by atoms with Crippen LogP contribution < -0.4 is 16.0 Å². The van der Waals surface area contributed by atoms with Gasteiger partial charge in [-0.2, -0.15) is 0 Å². The molecule has 2 amide bonds. The van der Waals surface area contributed by atoms with E-state index in [9.17, 15) is 9.59 Å². The largest absolute Gasteiger partial charge is 0.481 e. The van der Waals surface area contributed by atoms with Crippen LogP contribution in [-0.2, 0) is 4.79 Å². The molecule has 2 aliphatic rings. The number of rotatable bonds is 7. The molecule has 6 heteroatoms. The van der Waals surface area contributed by atoms with Crippen molar-refractivity contribution in [3.63, 3.8) is 0 Å². The van der Waals surface area contributed by atoms with Gasteiger partial charge in [0.1, 0.15) is 0 Å². The number of carboxylic acid groups (broad SMARTS) is 1. The molecule has 0 unspecified atom stereocenters. The number of carbonyl (C=O) groups is 2. The zero-order valence-electron chi connectivity index (χ0n) is 11.2. The summed E-state index contributed by atoms with van der Waals surface area (Å²) in [5, 5.41) is 17.9. The van der Waals surface area contributed by atoms with Gasteiger partial charge < -0.3 is 21.1 Å². The molecule has 19 heavy (non-hydrogen) atoms. The second kappa shape index (κ2) is 6.75. The molecule has 4 N–H and O–H groups in total. The third-order valence-electron chi connectivity index (χ3n) is 3.77. The quantitative estimate of drug-likeness (QED) is 0.512. The van der Waals surface area contributed by atoms with E-state index in [-0.39, 0.29) is 18.0 Å². The number of carboxylic acids is 1. The molecule has 2 rings (SSSR count). The molecule has 0 aliphatic heterocycles. The van der Waals surface area contributed by atoms with Crippen molar-refractivity contribution in [1.29, 1.82) is 0 Å². The minimum atomic E-state index is -0.754. The van der Waals surface area contributed by atoms with Crippen molar-refractivity contribution in [2.75, 3.05) is 13.1 Å². The predicted molar refractivity (Wildman–Crippen MR) is 70.9 cm³/mol. The molecule has 2 atom stereocenters. The molecular formula is C13H23N3O3. The van der Waals surface area contributed by atoms with Gasteiger partial charge in [-0.05, 0) is 45.1 Å². The molecule has 0 aromatic rings. The minimum Gasteiger partial charge on any atom is -0.481 e. The Morgan fingerprint density at radius 2 is 1.79 bits per heavy atom. The topological polar surface area (TPSA) is 90.5 Å². The van der Waals surface area contributed by atoms with Gasteiger partial charge in [0, 0.05) is 18.6 Å². The van der Waals surface area contributed by atoms with Crippen molar-refractivity contribution < 1.29 is 14.7 Å². The van der Waals surface area contributed by atoms with Crippen molar-refractivity contribution in [1.82, 2.24) is 16.0 Å². The summed E-state index contributed by atoms with van der Waals surface area (Å²) in [5.74, 6) is -1.05. The van der Waals surface area contributed by atoms with E-state index in [4.69, 9.17) is 5.11 Å². The summed E-state index contributed by atoms with van der Waals surface area (Å²) in [6, 6.07) is 0.536. The molecule has 0 aromatic carbocycles. The molecule has 6 nitrogen and oxygen atoms in total. The Morgan fingerprint density at radius 1 is 1.05 bits per heavy atom. The Bertz CT molecular complexity index is 331. The van der Waals surface area contributed by atoms with Crippen LogP contribution in [0.5, 0.6) is 0 Å². The van der Waals surface area contributed by atoms with Crippen molar-refractivity contribution in [3.05, 3.63) is 0 Å². The van der Waals surface area contributed by atoms with Gasteiger partial charge in [0.05, 0.1) is 5.92 Å². The molecule has 2 saturated carbocycles. The van der Waals surface area contributed by atoms with Crippen molar-refractivity contribution in [3.8, 4) is 0 Å². The highest BCUT2D eigenvalue weighted by Gasteiger charge is 2.30. The fourth-order valence-electron chi connectivity index (χ4n) is 2.46. The minimum absolute atomic E-state index is 0.00527. The lowest BCUT2D eigenvalue weighted by Gasteiger charge is -2.13. The Morgan fingerprint density at radius 3 is 2.42 bits per heavy atom. The van der Waals surface area contributed by atoms with Gasteiger partial charge in [0.25, 0.3) is 0 Å². The molecule has 2 fully saturated rings. The summed E-state index contributed by atoms with van der Waals surface area (Å²) in [6.45, 7) is 1.59. The molecule has 0 spiro atoms. The summed E-state index contributed by atoms with van der Waals surface area (Å²) in [6.07, 6.45) is 5.44. The predicted octanol–water partition coefficient (Wildman–Crippen LogP) is 0.681. The van der Waals surface area contributed by atoms with Gasteiger partial charge in [-0.15, -0.1) is 0 Å². The van der Waals surface area contributed by atoms with E-state index in [0.29, 0.717) is 25.4 Å². The number of hydrogen-bond donors (Lipinski definition) is 4. The highest BCUT2D eigenvalue weighted by atomic mass is 16.4. The summed E-state index contributed by atoms with van der Waals surface area (Å²) < 4.78 is 0. The van der Waals surface area contributed by atoms with E-state index >= 15 is 0 Å². The van der Waals surface area contributed by atoms with Crippen LogP contribution >= 0.6 is 0 Å². The van der Waals surface area contributed by atoms with E-state index in [1.165, 1.54) is 12.8 Å². The first-order valence-electron chi connectivity index (χ1n) is 7.15. The Kier molecular flexibility index (Phi) is 5.01. The van der Waals surface area contributed by atoms with Crippen LogP contribution in [0.15, 0.2) is 0 Å². The third kappa shape index (κ3) is 5.06. The lowest BCUT2D eigenvalue weighted by Crippen LogP contribution is -2.42. The molecule has 0 bridgehead atoms. The standard InChI is InChI=1S/C13H23N3O3/c17-12(18)9-2-3-11(8-9)16-13(19)15-7-1-6-14-10-4-5-10/h9-11,14H,1-8H2,(H,17,18)(H2,15,16,19)/t9-,11+/m1/s1. The normalized spacial score (nSPS) is 26.1. The zero-order valence-corrected chi connectivity index (χ0v) is 11.2. The fraction of sp³-hybridized carbons (Fsp3) is 0.846.